The van der Waals surface area contributed by atoms with E-state index in [2.05, 4.69) is 31.1 Å². The monoisotopic (exact) mass is 226 g/mol. The van der Waals surface area contributed by atoms with Crippen molar-refractivity contribution in [3.63, 3.8) is 0 Å². The maximum absolute atomic E-state index is 11.3. The van der Waals surface area contributed by atoms with Crippen LogP contribution in [0, 0.1) is 5.41 Å². The Morgan fingerprint density at radius 2 is 2.25 bits per heavy atom. The lowest BCUT2D eigenvalue weighted by molar-refractivity contribution is 0.0519. The number of aromatic nitrogens is 1. The molecule has 0 aromatic carbocycles. The molecule has 0 radical (unpaired) electrons. The van der Waals surface area contributed by atoms with Crippen molar-refractivity contribution in [2.75, 3.05) is 18.5 Å². The quantitative estimate of drug-likeness (QED) is 0.798. The van der Waals surface area contributed by atoms with Crippen LogP contribution in [0.25, 0.3) is 0 Å². The van der Waals surface area contributed by atoms with Gasteiger partial charge in [-0.3, -0.25) is 0 Å². The van der Waals surface area contributed by atoms with Crippen LogP contribution in [0.2, 0.25) is 0 Å². The number of hydrogen-bond donors (Lipinski definition) is 1. The summed E-state index contributed by atoms with van der Waals surface area (Å²) in [5.41, 5.74) is 0.316. The maximum Gasteiger partial charge on any atom is 0.360 e. The lowest BCUT2D eigenvalue weighted by atomic mass is 9.97. The standard InChI is InChI=1S/C11H18N2O3/c1-5-15-9(14)8-6-16-10(13-8)12-7-11(2,3)4/h6H,5,7H2,1-4H3,(H,12,13). The summed E-state index contributed by atoms with van der Waals surface area (Å²) < 4.78 is 9.90. The number of nitrogens with zero attached hydrogens (tertiary/aromatic N) is 1. The van der Waals surface area contributed by atoms with Gasteiger partial charge in [0.25, 0.3) is 6.01 Å². The molecule has 0 saturated heterocycles. The van der Waals surface area contributed by atoms with Crippen LogP contribution in [-0.2, 0) is 4.74 Å². The van der Waals surface area contributed by atoms with E-state index in [1.54, 1.807) is 6.92 Å². The zero-order valence-electron chi connectivity index (χ0n) is 10.2. The highest BCUT2D eigenvalue weighted by atomic mass is 16.5. The van der Waals surface area contributed by atoms with Crippen LogP contribution in [-0.4, -0.2) is 24.1 Å². The van der Waals surface area contributed by atoms with Crippen molar-refractivity contribution in [2.45, 2.75) is 27.7 Å². The summed E-state index contributed by atoms with van der Waals surface area (Å²) in [7, 11) is 0. The minimum atomic E-state index is -0.463. The molecule has 0 atom stereocenters. The van der Waals surface area contributed by atoms with Crippen LogP contribution in [0.15, 0.2) is 10.7 Å². The molecule has 0 bridgehead atoms. The number of esters is 1. The number of nitrogens with one attached hydrogen (secondary N) is 1. The minimum Gasteiger partial charge on any atom is -0.461 e. The summed E-state index contributed by atoms with van der Waals surface area (Å²) in [5.74, 6) is -0.463. The topological polar surface area (TPSA) is 64.4 Å². The first-order chi connectivity index (χ1) is 7.42. The van der Waals surface area contributed by atoms with Gasteiger partial charge in [-0.1, -0.05) is 20.8 Å². The smallest absolute Gasteiger partial charge is 0.360 e. The molecule has 5 nitrogen and oxygen atoms in total. The zero-order valence-corrected chi connectivity index (χ0v) is 10.2. The highest BCUT2D eigenvalue weighted by Gasteiger charge is 2.15. The molecular weight excluding hydrogens is 208 g/mol. The molecule has 90 valence electrons. The summed E-state index contributed by atoms with van der Waals surface area (Å²) in [4.78, 5) is 15.3. The van der Waals surface area contributed by atoms with Gasteiger partial charge in [0, 0.05) is 6.54 Å². The summed E-state index contributed by atoms with van der Waals surface area (Å²) in [6.07, 6.45) is 1.29. The van der Waals surface area contributed by atoms with E-state index in [-0.39, 0.29) is 11.1 Å². The molecule has 1 rings (SSSR count). The Morgan fingerprint density at radius 3 is 2.81 bits per heavy atom. The van der Waals surface area contributed by atoms with Gasteiger partial charge in [0.15, 0.2) is 5.69 Å². The molecule has 0 saturated carbocycles. The number of oxazole rings is 1. The van der Waals surface area contributed by atoms with Gasteiger partial charge in [0.1, 0.15) is 6.26 Å². The minimum absolute atomic E-state index is 0.124. The van der Waals surface area contributed by atoms with Gasteiger partial charge in [0.2, 0.25) is 0 Å². The van der Waals surface area contributed by atoms with Crippen molar-refractivity contribution >= 4 is 12.0 Å². The third kappa shape index (κ3) is 3.92. The van der Waals surface area contributed by atoms with E-state index in [4.69, 9.17) is 9.15 Å². The van der Waals surface area contributed by atoms with Gasteiger partial charge in [0.05, 0.1) is 6.61 Å². The SMILES string of the molecule is CCOC(=O)c1coc(NCC(C)(C)C)n1. The third-order valence-electron chi connectivity index (χ3n) is 1.76. The molecule has 1 heterocycles. The van der Waals surface area contributed by atoms with E-state index in [1.807, 2.05) is 0 Å². The molecule has 1 aromatic rings. The van der Waals surface area contributed by atoms with Crippen LogP contribution < -0.4 is 5.32 Å². The Labute approximate surface area is 95.2 Å². The van der Waals surface area contributed by atoms with Crippen molar-refractivity contribution in [1.29, 1.82) is 0 Å². The summed E-state index contributed by atoms with van der Waals surface area (Å²) in [6, 6.07) is 0.345. The first kappa shape index (κ1) is 12.5. The largest absolute Gasteiger partial charge is 0.461 e. The predicted octanol–water partition coefficient (Wildman–Crippen LogP) is 2.31. The molecule has 1 N–H and O–H groups in total. The second-order valence-corrected chi connectivity index (χ2v) is 4.67. The second kappa shape index (κ2) is 5.01. The van der Waals surface area contributed by atoms with Gasteiger partial charge in [-0.2, -0.15) is 4.98 Å². The van der Waals surface area contributed by atoms with Crippen LogP contribution in [0.4, 0.5) is 6.01 Å². The molecule has 16 heavy (non-hydrogen) atoms. The van der Waals surface area contributed by atoms with Crippen LogP contribution in [0.3, 0.4) is 0 Å². The second-order valence-electron chi connectivity index (χ2n) is 4.67. The third-order valence-corrected chi connectivity index (χ3v) is 1.76. The van der Waals surface area contributed by atoms with Crippen molar-refractivity contribution < 1.29 is 13.9 Å². The summed E-state index contributed by atoms with van der Waals surface area (Å²) >= 11 is 0. The van der Waals surface area contributed by atoms with E-state index in [0.717, 1.165) is 6.54 Å². The highest BCUT2D eigenvalue weighted by molar-refractivity contribution is 5.87. The molecular formula is C11H18N2O3. The van der Waals surface area contributed by atoms with Gasteiger partial charge < -0.3 is 14.5 Å². The van der Waals surface area contributed by atoms with Crippen LogP contribution in [0.5, 0.6) is 0 Å². The van der Waals surface area contributed by atoms with Gasteiger partial charge in [-0.25, -0.2) is 4.79 Å². The van der Waals surface area contributed by atoms with Gasteiger partial charge >= 0.3 is 5.97 Å². The molecule has 0 unspecified atom stereocenters. The first-order valence-electron chi connectivity index (χ1n) is 5.29. The molecule has 0 aliphatic carbocycles. The molecule has 0 aliphatic rings. The lowest BCUT2D eigenvalue weighted by Crippen LogP contribution is -2.19. The highest BCUT2D eigenvalue weighted by Crippen LogP contribution is 2.15. The van der Waals surface area contributed by atoms with Crippen molar-refractivity contribution in [3.05, 3.63) is 12.0 Å². The fourth-order valence-electron chi connectivity index (χ4n) is 0.994. The average molecular weight is 226 g/mol. The van der Waals surface area contributed by atoms with E-state index in [0.29, 0.717) is 12.6 Å². The van der Waals surface area contributed by atoms with E-state index < -0.39 is 5.97 Å². The molecule has 0 aliphatic heterocycles. The number of carbonyl (C=O) groups excluding carboxylic acids is 1. The fourth-order valence-corrected chi connectivity index (χ4v) is 0.994. The number of carbonyl (C=O) groups is 1. The van der Waals surface area contributed by atoms with E-state index >= 15 is 0 Å². The van der Waals surface area contributed by atoms with Crippen LogP contribution in [0.1, 0.15) is 38.2 Å². The van der Waals surface area contributed by atoms with Gasteiger partial charge in [-0.05, 0) is 12.3 Å². The zero-order chi connectivity index (χ0) is 12.2. The van der Waals surface area contributed by atoms with E-state index in [9.17, 15) is 4.79 Å². The fraction of sp³-hybridized carbons (Fsp3) is 0.636. The number of anilines is 1. The van der Waals surface area contributed by atoms with Crippen molar-refractivity contribution in [1.82, 2.24) is 4.98 Å². The summed E-state index contributed by atoms with van der Waals surface area (Å²) in [6.45, 7) is 9.07. The Morgan fingerprint density at radius 1 is 1.56 bits per heavy atom. The Balaban J connectivity index is 2.55. The Kier molecular flexibility index (Phi) is 3.93. The number of ether oxygens (including phenoxy) is 1. The van der Waals surface area contributed by atoms with Crippen LogP contribution >= 0.6 is 0 Å². The Hall–Kier alpha value is -1.52. The van der Waals surface area contributed by atoms with E-state index in [1.165, 1.54) is 6.26 Å². The predicted molar refractivity (Wildman–Crippen MR) is 60.4 cm³/mol. The summed E-state index contributed by atoms with van der Waals surface area (Å²) in [5, 5.41) is 3.02. The Bertz CT molecular complexity index is 352. The molecule has 1 aromatic heterocycles. The number of hydrogen-bond acceptors (Lipinski definition) is 5. The first-order valence-corrected chi connectivity index (χ1v) is 5.29. The van der Waals surface area contributed by atoms with Crippen molar-refractivity contribution in [2.24, 2.45) is 5.41 Å². The molecule has 5 heteroatoms. The lowest BCUT2D eigenvalue weighted by Gasteiger charge is -2.17. The maximum atomic E-state index is 11.3. The molecule has 0 spiro atoms. The number of rotatable bonds is 4. The average Bonchev–Trinajstić information content (AvgIpc) is 2.62. The van der Waals surface area contributed by atoms with Gasteiger partial charge in [-0.15, -0.1) is 0 Å². The molecule has 0 amide bonds. The van der Waals surface area contributed by atoms with Crippen molar-refractivity contribution in [3.8, 4) is 0 Å². The molecule has 0 fully saturated rings. The normalized spacial score (nSPS) is 11.2.